The fourth-order valence-corrected chi connectivity index (χ4v) is 2.96. The van der Waals surface area contributed by atoms with E-state index in [9.17, 15) is 10.1 Å². The highest BCUT2D eigenvalue weighted by molar-refractivity contribution is 5.72. The van der Waals surface area contributed by atoms with Gasteiger partial charge in [-0.25, -0.2) is 0 Å². The van der Waals surface area contributed by atoms with Crippen LogP contribution in [0.3, 0.4) is 0 Å². The third kappa shape index (κ3) is 3.60. The van der Waals surface area contributed by atoms with Crippen molar-refractivity contribution in [3.8, 4) is 0 Å². The first-order valence-electron chi connectivity index (χ1n) is 8.77. The highest BCUT2D eigenvalue weighted by Crippen LogP contribution is 2.17. The van der Waals surface area contributed by atoms with Crippen LogP contribution in [0.15, 0.2) is 24.3 Å². The predicted molar refractivity (Wildman–Crippen MR) is 97.3 cm³/mol. The van der Waals surface area contributed by atoms with Crippen molar-refractivity contribution in [2.75, 3.05) is 26.2 Å². The summed E-state index contributed by atoms with van der Waals surface area (Å²) in [4.78, 5) is 17.3. The minimum absolute atomic E-state index is 0.429. The zero-order valence-corrected chi connectivity index (χ0v) is 15.2. The molecule has 0 bridgehead atoms. The molecule has 0 unspecified atom stereocenters. The minimum Gasteiger partial charge on any atom is -0.805 e. The van der Waals surface area contributed by atoms with Gasteiger partial charge < -0.3 is 9.94 Å². The molecule has 0 N–H and O–H groups in total. The van der Waals surface area contributed by atoms with Crippen molar-refractivity contribution >= 4 is 11.0 Å². The molecule has 1 aromatic heterocycles. The maximum atomic E-state index is 12.9. The molecule has 6 heteroatoms. The summed E-state index contributed by atoms with van der Waals surface area (Å²) in [5, 5.41) is 12.9. The monoisotopic (exact) mass is 332 g/mol. The molecule has 2 aromatic rings. The summed E-state index contributed by atoms with van der Waals surface area (Å²) in [5.41, 5.74) is 1.97. The smallest absolute Gasteiger partial charge is 0.286 e. The molecule has 0 fully saturated rings. The molecule has 0 aliphatic rings. The molecule has 0 saturated heterocycles. The molecule has 0 amide bonds. The summed E-state index contributed by atoms with van der Waals surface area (Å²) in [5.74, 6) is 0. The second kappa shape index (κ2) is 8.26. The molecule has 132 valence electrons. The number of rotatable bonds is 8. The van der Waals surface area contributed by atoms with E-state index in [1.165, 1.54) is 0 Å². The van der Waals surface area contributed by atoms with Gasteiger partial charge in [-0.3, -0.25) is 9.80 Å². The predicted octanol–water partition coefficient (Wildman–Crippen LogP) is 2.59. The largest absolute Gasteiger partial charge is 0.805 e. The average molecular weight is 332 g/mol. The van der Waals surface area contributed by atoms with Crippen molar-refractivity contribution in [2.24, 2.45) is 0 Å². The Balaban J connectivity index is 2.66. The molecule has 0 saturated carbocycles. The number of nitrogens with zero attached hydrogens (tertiary/aromatic N) is 4. The normalized spacial score (nSPS) is 11.8. The maximum Gasteiger partial charge on any atom is 0.286 e. The van der Waals surface area contributed by atoms with Gasteiger partial charge in [-0.05, 0) is 32.2 Å². The molecule has 0 aliphatic carbocycles. The van der Waals surface area contributed by atoms with E-state index < -0.39 is 0 Å². The van der Waals surface area contributed by atoms with Gasteiger partial charge >= 0.3 is 0 Å². The summed E-state index contributed by atoms with van der Waals surface area (Å²) < 4.78 is 1.89. The van der Waals surface area contributed by atoms with E-state index in [4.69, 9.17) is 0 Å². The topological polar surface area (TPSA) is 57.4 Å². The van der Waals surface area contributed by atoms with Crippen LogP contribution in [0.25, 0.3) is 11.0 Å². The van der Waals surface area contributed by atoms with E-state index in [0.717, 1.165) is 35.3 Å². The Morgan fingerprint density at radius 3 is 2.08 bits per heavy atom. The highest BCUT2D eigenvalue weighted by Gasteiger charge is 2.24. The Bertz CT molecular complexity index is 734. The van der Waals surface area contributed by atoms with E-state index in [0.29, 0.717) is 35.5 Å². The summed E-state index contributed by atoms with van der Waals surface area (Å²) in [6.07, 6.45) is 0. The Kier molecular flexibility index (Phi) is 6.34. The fourth-order valence-electron chi connectivity index (χ4n) is 2.96. The van der Waals surface area contributed by atoms with Gasteiger partial charge in [0, 0.05) is 17.5 Å². The number of hydrogen-bond donors (Lipinski definition) is 0. The molecule has 2 rings (SSSR count). The van der Waals surface area contributed by atoms with Gasteiger partial charge in [0.25, 0.3) is 11.2 Å². The quantitative estimate of drug-likeness (QED) is 0.697. The van der Waals surface area contributed by atoms with Crippen molar-refractivity contribution in [3.63, 3.8) is 0 Å². The van der Waals surface area contributed by atoms with Crippen LogP contribution >= 0.6 is 0 Å². The zero-order chi connectivity index (χ0) is 17.7. The molecule has 0 aliphatic heterocycles. The van der Waals surface area contributed by atoms with Gasteiger partial charge in [0.1, 0.15) is 11.2 Å². The van der Waals surface area contributed by atoms with E-state index in [1.54, 1.807) is 24.3 Å². The lowest BCUT2D eigenvalue weighted by molar-refractivity contribution is -0.478. The highest BCUT2D eigenvalue weighted by atomic mass is 16.5. The standard InChI is InChI=1S/C18H28N4O2/c1-5-19(6-2)13-17-18(14-20(7-3)8-4)22(24)16-12-10-9-11-15(16)21(17)23/h9-12H,5-8,13-14H2,1-4H3. The average Bonchev–Trinajstić information content (AvgIpc) is 2.63. The number of fused-ring (bicyclic) bond motifs is 1. The number of aromatic nitrogens is 2. The van der Waals surface area contributed by atoms with Crippen LogP contribution < -0.4 is 4.43 Å². The lowest BCUT2D eigenvalue weighted by Gasteiger charge is -2.25. The van der Waals surface area contributed by atoms with Crippen molar-refractivity contribution in [1.29, 1.82) is 0 Å². The van der Waals surface area contributed by atoms with Crippen molar-refractivity contribution in [2.45, 2.75) is 40.8 Å². The van der Waals surface area contributed by atoms with Gasteiger partial charge in [0.15, 0.2) is 0 Å². The number of para-hydroxylation sites is 2. The molecule has 0 radical (unpaired) electrons. The summed E-state index contributed by atoms with van der Waals surface area (Å²) in [6.45, 7) is 12.6. The van der Waals surface area contributed by atoms with Gasteiger partial charge in [0.05, 0.1) is 11.0 Å². The van der Waals surface area contributed by atoms with Crippen LogP contribution in [0.4, 0.5) is 0 Å². The third-order valence-corrected chi connectivity index (χ3v) is 4.68. The summed E-state index contributed by atoms with van der Waals surface area (Å²) >= 11 is 0. The lowest BCUT2D eigenvalue weighted by Crippen LogP contribution is -2.36. The second-order valence-corrected chi connectivity index (χ2v) is 5.89. The first-order chi connectivity index (χ1) is 11.6. The van der Waals surface area contributed by atoms with E-state index >= 15 is 0 Å². The fraction of sp³-hybridized carbons (Fsp3) is 0.556. The van der Waals surface area contributed by atoms with E-state index in [1.807, 2.05) is 0 Å². The zero-order valence-electron chi connectivity index (χ0n) is 15.2. The van der Waals surface area contributed by atoms with E-state index in [-0.39, 0.29) is 0 Å². The van der Waals surface area contributed by atoms with Gasteiger partial charge in [-0.2, -0.15) is 0 Å². The van der Waals surface area contributed by atoms with Crippen LogP contribution in [-0.2, 0) is 13.1 Å². The molecular weight excluding hydrogens is 304 g/mol. The molecule has 24 heavy (non-hydrogen) atoms. The molecule has 0 atom stereocenters. The van der Waals surface area contributed by atoms with Crippen LogP contribution in [0.5, 0.6) is 0 Å². The van der Waals surface area contributed by atoms with Crippen molar-refractivity contribution < 1.29 is 4.43 Å². The van der Waals surface area contributed by atoms with Gasteiger partial charge in [-0.15, -0.1) is 0 Å². The van der Waals surface area contributed by atoms with Crippen molar-refractivity contribution in [1.82, 2.24) is 14.5 Å². The molecule has 6 nitrogen and oxygen atoms in total. The molecular formula is C18H28N4O2. The third-order valence-electron chi connectivity index (χ3n) is 4.68. The molecule has 0 spiro atoms. The summed E-state index contributed by atoms with van der Waals surface area (Å²) in [7, 11) is 0. The van der Waals surface area contributed by atoms with Gasteiger partial charge in [-0.1, -0.05) is 39.8 Å². The first kappa shape index (κ1) is 18.4. The van der Waals surface area contributed by atoms with Crippen molar-refractivity contribution in [3.05, 3.63) is 45.8 Å². The maximum absolute atomic E-state index is 12.9. The van der Waals surface area contributed by atoms with Gasteiger partial charge in [0.2, 0.25) is 0 Å². The number of hydrogen-bond acceptors (Lipinski definition) is 4. The number of benzene rings is 1. The molecule has 1 aromatic carbocycles. The lowest BCUT2D eigenvalue weighted by atomic mass is 10.2. The molecule has 1 heterocycles. The Morgan fingerprint density at radius 1 is 0.958 bits per heavy atom. The van der Waals surface area contributed by atoms with Crippen LogP contribution in [0.2, 0.25) is 0 Å². The van der Waals surface area contributed by atoms with Crippen LogP contribution in [-0.4, -0.2) is 40.7 Å². The van der Waals surface area contributed by atoms with E-state index in [2.05, 4.69) is 37.5 Å². The Hall–Kier alpha value is -1.92. The SMILES string of the molecule is CCN(CC)Cc1c(CN(CC)CC)[n+](=O)c2ccccc2n1[O-]. The summed E-state index contributed by atoms with van der Waals surface area (Å²) in [6, 6.07) is 7.01. The van der Waals surface area contributed by atoms with Crippen LogP contribution in [0.1, 0.15) is 39.1 Å². The Morgan fingerprint density at radius 2 is 1.50 bits per heavy atom. The van der Waals surface area contributed by atoms with Crippen LogP contribution in [0, 0.1) is 10.1 Å². The Labute approximate surface area is 143 Å². The first-order valence-corrected chi connectivity index (χ1v) is 8.77. The second-order valence-electron chi connectivity index (χ2n) is 5.89. The minimum atomic E-state index is 0.429.